The molecule has 0 aliphatic rings. The molecule has 0 aliphatic heterocycles. The lowest BCUT2D eigenvalue weighted by Crippen LogP contribution is -2.44. The number of carbonyl (C=O) groups excluding carboxylic acids is 2. The van der Waals surface area contributed by atoms with Crippen molar-refractivity contribution in [3.8, 4) is 0 Å². The van der Waals surface area contributed by atoms with Gasteiger partial charge in [0.05, 0.1) is 6.61 Å². The van der Waals surface area contributed by atoms with Gasteiger partial charge in [0.2, 0.25) is 0 Å². The highest BCUT2D eigenvalue weighted by molar-refractivity contribution is 5.81. The second kappa shape index (κ2) is 9.66. The highest BCUT2D eigenvalue weighted by atomic mass is 16.6. The Morgan fingerprint density at radius 1 is 1.18 bits per heavy atom. The number of alkyl carbamates (subject to hydrolysis) is 1. The van der Waals surface area contributed by atoms with Gasteiger partial charge < -0.3 is 19.7 Å². The number of amides is 1. The standard InChI is InChI=1S/C16H32N2O4/c1-12(2)11-21-14(19)13(9-8-10-18(6)7)17-15(20)22-16(3,4)5/h12-13H,8-11H2,1-7H3,(H,17,20)/t13-/m0/s1. The molecule has 0 fully saturated rings. The van der Waals surface area contributed by atoms with Crippen molar-refractivity contribution in [1.29, 1.82) is 0 Å². The van der Waals surface area contributed by atoms with Gasteiger partial charge >= 0.3 is 12.1 Å². The molecular weight excluding hydrogens is 284 g/mol. The Hall–Kier alpha value is -1.30. The number of nitrogens with one attached hydrogen (secondary N) is 1. The van der Waals surface area contributed by atoms with E-state index in [0.29, 0.717) is 13.0 Å². The van der Waals surface area contributed by atoms with E-state index in [4.69, 9.17) is 9.47 Å². The van der Waals surface area contributed by atoms with Gasteiger partial charge in [-0.2, -0.15) is 0 Å². The summed E-state index contributed by atoms with van der Waals surface area (Å²) in [6, 6.07) is -0.673. The maximum atomic E-state index is 12.1. The quantitative estimate of drug-likeness (QED) is 0.697. The predicted octanol–water partition coefficient (Wildman–Crippen LogP) is 2.42. The van der Waals surface area contributed by atoms with Gasteiger partial charge in [-0.1, -0.05) is 13.8 Å². The summed E-state index contributed by atoms with van der Waals surface area (Å²) in [4.78, 5) is 26.0. The largest absolute Gasteiger partial charge is 0.464 e. The Balaban J connectivity index is 4.56. The molecule has 0 aromatic rings. The molecule has 1 N–H and O–H groups in total. The first-order chi connectivity index (χ1) is 10.0. The van der Waals surface area contributed by atoms with Crippen LogP contribution in [-0.2, 0) is 14.3 Å². The molecular formula is C16H32N2O4. The van der Waals surface area contributed by atoms with Gasteiger partial charge in [0, 0.05) is 0 Å². The maximum Gasteiger partial charge on any atom is 0.408 e. The lowest BCUT2D eigenvalue weighted by Gasteiger charge is -2.23. The number of carbonyl (C=O) groups is 2. The van der Waals surface area contributed by atoms with E-state index in [2.05, 4.69) is 5.32 Å². The lowest BCUT2D eigenvalue weighted by molar-refractivity contribution is -0.147. The molecule has 1 amide bonds. The molecule has 0 bridgehead atoms. The Morgan fingerprint density at radius 3 is 2.23 bits per heavy atom. The normalized spacial score (nSPS) is 13.1. The first kappa shape index (κ1) is 20.7. The molecule has 6 heteroatoms. The zero-order valence-corrected chi connectivity index (χ0v) is 15.1. The van der Waals surface area contributed by atoms with Crippen molar-refractivity contribution in [3.63, 3.8) is 0 Å². The molecule has 0 radical (unpaired) electrons. The number of nitrogens with zero attached hydrogens (tertiary/aromatic N) is 1. The van der Waals surface area contributed by atoms with E-state index in [1.54, 1.807) is 20.8 Å². The maximum absolute atomic E-state index is 12.1. The van der Waals surface area contributed by atoms with E-state index < -0.39 is 23.7 Å². The highest BCUT2D eigenvalue weighted by Gasteiger charge is 2.25. The summed E-state index contributed by atoms with van der Waals surface area (Å²) in [6.45, 7) is 10.5. The van der Waals surface area contributed by atoms with Gasteiger partial charge in [0.15, 0.2) is 0 Å². The van der Waals surface area contributed by atoms with E-state index in [0.717, 1.165) is 13.0 Å². The molecule has 0 aromatic heterocycles. The zero-order chi connectivity index (χ0) is 17.3. The summed E-state index contributed by atoms with van der Waals surface area (Å²) in [5.74, 6) is -0.147. The fraction of sp³-hybridized carbons (Fsp3) is 0.875. The first-order valence-electron chi connectivity index (χ1n) is 7.82. The molecule has 130 valence electrons. The molecule has 0 aliphatic carbocycles. The van der Waals surface area contributed by atoms with E-state index in [1.807, 2.05) is 32.8 Å². The van der Waals surface area contributed by atoms with Crippen molar-refractivity contribution in [1.82, 2.24) is 10.2 Å². The van der Waals surface area contributed by atoms with Crippen molar-refractivity contribution in [2.75, 3.05) is 27.2 Å². The molecule has 0 heterocycles. The fourth-order valence-corrected chi connectivity index (χ4v) is 1.66. The Morgan fingerprint density at radius 2 is 1.77 bits per heavy atom. The van der Waals surface area contributed by atoms with Crippen LogP contribution in [0.15, 0.2) is 0 Å². The molecule has 0 rings (SSSR count). The Labute approximate surface area is 134 Å². The summed E-state index contributed by atoms with van der Waals surface area (Å²) in [5, 5.41) is 2.62. The molecule has 0 saturated heterocycles. The predicted molar refractivity (Wildman–Crippen MR) is 86.7 cm³/mol. The third kappa shape index (κ3) is 11.4. The number of hydrogen-bond donors (Lipinski definition) is 1. The second-order valence-corrected chi connectivity index (χ2v) is 7.17. The van der Waals surface area contributed by atoms with Crippen molar-refractivity contribution < 1.29 is 19.1 Å². The van der Waals surface area contributed by atoms with E-state index in [1.165, 1.54) is 0 Å². The molecule has 22 heavy (non-hydrogen) atoms. The summed E-state index contributed by atoms with van der Waals surface area (Å²) < 4.78 is 10.4. The van der Waals surface area contributed by atoms with Crippen molar-refractivity contribution >= 4 is 12.1 Å². The monoisotopic (exact) mass is 316 g/mol. The van der Waals surface area contributed by atoms with Crippen LogP contribution in [0.4, 0.5) is 4.79 Å². The van der Waals surface area contributed by atoms with Crippen LogP contribution in [0.3, 0.4) is 0 Å². The minimum absolute atomic E-state index is 0.257. The van der Waals surface area contributed by atoms with E-state index in [9.17, 15) is 9.59 Å². The van der Waals surface area contributed by atoms with Gasteiger partial charge in [-0.05, 0) is 60.2 Å². The zero-order valence-electron chi connectivity index (χ0n) is 15.1. The average molecular weight is 316 g/mol. The van der Waals surface area contributed by atoms with Gasteiger partial charge in [-0.25, -0.2) is 9.59 Å². The van der Waals surface area contributed by atoms with E-state index >= 15 is 0 Å². The van der Waals surface area contributed by atoms with Gasteiger partial charge in [0.1, 0.15) is 11.6 Å². The molecule has 0 spiro atoms. The van der Waals surface area contributed by atoms with Crippen molar-refractivity contribution in [2.24, 2.45) is 5.92 Å². The minimum Gasteiger partial charge on any atom is -0.464 e. The number of hydrogen-bond acceptors (Lipinski definition) is 5. The summed E-state index contributed by atoms with van der Waals surface area (Å²) >= 11 is 0. The van der Waals surface area contributed by atoms with E-state index in [-0.39, 0.29) is 5.92 Å². The van der Waals surface area contributed by atoms with Crippen LogP contribution in [0.5, 0.6) is 0 Å². The molecule has 0 aromatic carbocycles. The van der Waals surface area contributed by atoms with Crippen LogP contribution in [0, 0.1) is 5.92 Å². The van der Waals surface area contributed by atoms with Crippen molar-refractivity contribution in [3.05, 3.63) is 0 Å². The van der Waals surface area contributed by atoms with Crippen LogP contribution in [0.2, 0.25) is 0 Å². The average Bonchev–Trinajstić information content (AvgIpc) is 2.31. The number of rotatable bonds is 8. The van der Waals surface area contributed by atoms with Gasteiger partial charge in [0.25, 0.3) is 0 Å². The van der Waals surface area contributed by atoms with Crippen LogP contribution >= 0.6 is 0 Å². The van der Waals surface area contributed by atoms with Crippen LogP contribution in [0.25, 0.3) is 0 Å². The summed E-state index contributed by atoms with van der Waals surface area (Å²) in [7, 11) is 3.93. The summed E-state index contributed by atoms with van der Waals surface area (Å²) in [6.07, 6.45) is 0.711. The molecule has 1 atom stereocenters. The van der Waals surface area contributed by atoms with Crippen molar-refractivity contribution in [2.45, 2.75) is 59.1 Å². The minimum atomic E-state index is -0.673. The van der Waals surface area contributed by atoms with Gasteiger partial charge in [-0.3, -0.25) is 0 Å². The Kier molecular flexibility index (Phi) is 9.09. The number of ether oxygens (including phenoxy) is 2. The van der Waals surface area contributed by atoms with Gasteiger partial charge in [-0.15, -0.1) is 0 Å². The van der Waals surface area contributed by atoms with Crippen LogP contribution in [0.1, 0.15) is 47.5 Å². The topological polar surface area (TPSA) is 67.9 Å². The third-order valence-corrected chi connectivity index (χ3v) is 2.63. The number of esters is 1. The molecule has 0 unspecified atom stereocenters. The van der Waals surface area contributed by atoms with Crippen LogP contribution < -0.4 is 5.32 Å². The SMILES string of the molecule is CC(C)COC(=O)[C@H](CCCN(C)C)NC(=O)OC(C)(C)C. The van der Waals surface area contributed by atoms with Crippen LogP contribution in [-0.4, -0.2) is 55.9 Å². The molecule has 6 nitrogen and oxygen atoms in total. The highest BCUT2D eigenvalue weighted by Crippen LogP contribution is 2.09. The molecule has 0 saturated carbocycles. The third-order valence-electron chi connectivity index (χ3n) is 2.63. The first-order valence-corrected chi connectivity index (χ1v) is 7.82. The lowest BCUT2D eigenvalue weighted by atomic mass is 10.1. The Bertz CT molecular complexity index is 349. The summed E-state index contributed by atoms with van der Waals surface area (Å²) in [5.41, 5.74) is -0.597. The smallest absolute Gasteiger partial charge is 0.408 e. The second-order valence-electron chi connectivity index (χ2n) is 7.17. The fourth-order valence-electron chi connectivity index (χ4n) is 1.66.